The van der Waals surface area contributed by atoms with Crippen LogP contribution in [0, 0.1) is 0 Å². The van der Waals surface area contributed by atoms with Crippen LogP contribution < -0.4 is 15.0 Å². The van der Waals surface area contributed by atoms with Crippen molar-refractivity contribution in [3.8, 4) is 11.5 Å². The summed E-state index contributed by atoms with van der Waals surface area (Å²) in [6.45, 7) is 4.69. The third-order valence-electron chi connectivity index (χ3n) is 5.33. The molecule has 0 amide bonds. The SMILES string of the molecule is CCCc1nc2ccc(Br)cc2c(=O)n1N=Cc1cc(Br)c(OCc2ccccc2Cl)c(OCC)c1. The summed E-state index contributed by atoms with van der Waals surface area (Å²) in [6.07, 6.45) is 3.08. The minimum Gasteiger partial charge on any atom is -0.490 e. The van der Waals surface area contributed by atoms with Gasteiger partial charge in [0.15, 0.2) is 11.5 Å². The van der Waals surface area contributed by atoms with Crippen LogP contribution in [0.25, 0.3) is 10.9 Å². The normalized spacial score (nSPS) is 11.4. The van der Waals surface area contributed by atoms with Crippen molar-refractivity contribution in [3.63, 3.8) is 0 Å². The molecule has 0 saturated carbocycles. The average Bonchev–Trinajstić information content (AvgIpc) is 2.85. The van der Waals surface area contributed by atoms with Gasteiger partial charge >= 0.3 is 0 Å². The van der Waals surface area contributed by atoms with Crippen molar-refractivity contribution >= 4 is 60.6 Å². The number of fused-ring (bicyclic) bond motifs is 1. The van der Waals surface area contributed by atoms with Gasteiger partial charge in [-0.3, -0.25) is 4.79 Å². The van der Waals surface area contributed by atoms with Crippen molar-refractivity contribution in [1.29, 1.82) is 0 Å². The number of hydrogen-bond acceptors (Lipinski definition) is 5. The Labute approximate surface area is 231 Å². The first-order chi connectivity index (χ1) is 17.4. The molecule has 0 saturated heterocycles. The number of halogens is 3. The number of benzene rings is 3. The summed E-state index contributed by atoms with van der Waals surface area (Å²) in [6, 6.07) is 16.7. The van der Waals surface area contributed by atoms with E-state index in [1.54, 1.807) is 12.3 Å². The minimum absolute atomic E-state index is 0.218. The predicted molar refractivity (Wildman–Crippen MR) is 152 cm³/mol. The third-order valence-corrected chi connectivity index (χ3v) is 6.78. The summed E-state index contributed by atoms with van der Waals surface area (Å²) in [7, 11) is 0. The van der Waals surface area contributed by atoms with Gasteiger partial charge in [-0.1, -0.05) is 52.7 Å². The largest absolute Gasteiger partial charge is 0.490 e. The van der Waals surface area contributed by atoms with E-state index in [1.165, 1.54) is 4.68 Å². The van der Waals surface area contributed by atoms with Crippen LogP contribution in [0.3, 0.4) is 0 Å². The van der Waals surface area contributed by atoms with Crippen LogP contribution in [0.15, 0.2) is 73.4 Å². The highest BCUT2D eigenvalue weighted by Gasteiger charge is 2.14. The van der Waals surface area contributed by atoms with Crippen LogP contribution in [0.1, 0.15) is 37.2 Å². The summed E-state index contributed by atoms with van der Waals surface area (Å²) >= 11 is 13.3. The molecule has 0 aliphatic rings. The Hall–Kier alpha value is -2.68. The Morgan fingerprint density at radius 3 is 2.64 bits per heavy atom. The van der Waals surface area contributed by atoms with Crippen LogP contribution in [-0.4, -0.2) is 22.5 Å². The lowest BCUT2D eigenvalue weighted by atomic mass is 10.2. The second kappa shape index (κ2) is 12.0. The van der Waals surface area contributed by atoms with Crippen LogP contribution in [0.5, 0.6) is 11.5 Å². The average molecular weight is 634 g/mol. The molecule has 1 heterocycles. The summed E-state index contributed by atoms with van der Waals surface area (Å²) in [5, 5.41) is 5.66. The summed E-state index contributed by atoms with van der Waals surface area (Å²) in [5.74, 6) is 1.73. The van der Waals surface area contributed by atoms with E-state index < -0.39 is 0 Å². The standard InChI is InChI=1S/C27H24Br2ClN3O3/c1-3-7-25-32-23-11-10-19(28)14-20(23)27(34)33(25)31-15-17-12-21(29)26(24(13-17)35-4-2)36-16-18-8-5-6-9-22(18)30/h5-6,8-15H,3-4,7,16H2,1-2H3. The molecule has 3 aromatic carbocycles. The Balaban J connectivity index is 1.70. The van der Waals surface area contributed by atoms with E-state index in [2.05, 4.69) is 41.9 Å². The molecule has 0 N–H and O–H groups in total. The second-order valence-corrected chi connectivity index (χ2v) is 10.1. The lowest BCUT2D eigenvalue weighted by Crippen LogP contribution is -2.22. The number of ether oxygens (including phenoxy) is 2. The summed E-state index contributed by atoms with van der Waals surface area (Å²) < 4.78 is 14.8. The topological polar surface area (TPSA) is 65.7 Å². The first-order valence-corrected chi connectivity index (χ1v) is 13.5. The van der Waals surface area contributed by atoms with Gasteiger partial charge in [0.25, 0.3) is 5.56 Å². The molecule has 4 aromatic rings. The minimum atomic E-state index is -0.218. The first-order valence-electron chi connectivity index (χ1n) is 11.5. The van der Waals surface area contributed by atoms with E-state index >= 15 is 0 Å². The van der Waals surface area contributed by atoms with Gasteiger partial charge in [0.2, 0.25) is 0 Å². The number of aryl methyl sites for hydroxylation is 1. The number of rotatable bonds is 9. The first kappa shape index (κ1) is 26.4. The van der Waals surface area contributed by atoms with Crippen molar-refractivity contribution in [2.24, 2.45) is 5.10 Å². The maximum absolute atomic E-state index is 13.3. The van der Waals surface area contributed by atoms with Gasteiger partial charge in [-0.2, -0.15) is 9.78 Å². The van der Waals surface area contributed by atoms with Crippen LogP contribution in [-0.2, 0) is 13.0 Å². The molecule has 4 rings (SSSR count). The fourth-order valence-corrected chi connectivity index (χ4v) is 4.78. The van der Waals surface area contributed by atoms with Gasteiger partial charge in [0, 0.05) is 21.5 Å². The predicted octanol–water partition coefficient (Wildman–Crippen LogP) is 7.39. The lowest BCUT2D eigenvalue weighted by molar-refractivity contribution is 0.267. The molecular weight excluding hydrogens is 610 g/mol. The molecule has 0 unspecified atom stereocenters. The lowest BCUT2D eigenvalue weighted by Gasteiger charge is -2.15. The fraction of sp³-hybridized carbons (Fsp3) is 0.222. The molecule has 186 valence electrons. The van der Waals surface area contributed by atoms with E-state index in [1.807, 2.05) is 62.4 Å². The summed E-state index contributed by atoms with van der Waals surface area (Å²) in [4.78, 5) is 17.9. The molecule has 36 heavy (non-hydrogen) atoms. The zero-order valence-electron chi connectivity index (χ0n) is 19.8. The molecule has 0 fully saturated rings. The van der Waals surface area contributed by atoms with E-state index in [-0.39, 0.29) is 5.56 Å². The second-order valence-electron chi connectivity index (χ2n) is 7.94. The van der Waals surface area contributed by atoms with Crippen LogP contribution in [0.2, 0.25) is 5.02 Å². The van der Waals surface area contributed by atoms with E-state index in [0.717, 1.165) is 22.0 Å². The Morgan fingerprint density at radius 1 is 1.08 bits per heavy atom. The van der Waals surface area contributed by atoms with Gasteiger partial charge in [-0.15, -0.1) is 0 Å². The maximum Gasteiger partial charge on any atom is 0.282 e. The van der Waals surface area contributed by atoms with Gasteiger partial charge in [-0.05, 0) is 71.2 Å². The van der Waals surface area contributed by atoms with Crippen molar-refractivity contribution in [2.45, 2.75) is 33.3 Å². The number of nitrogens with zero attached hydrogens (tertiary/aromatic N) is 3. The fourth-order valence-electron chi connectivity index (χ4n) is 3.65. The Morgan fingerprint density at radius 2 is 1.89 bits per heavy atom. The van der Waals surface area contributed by atoms with Gasteiger partial charge < -0.3 is 9.47 Å². The van der Waals surface area contributed by atoms with Gasteiger partial charge in [-0.25, -0.2) is 4.98 Å². The molecule has 1 aromatic heterocycles. The van der Waals surface area contributed by atoms with E-state index in [9.17, 15) is 4.79 Å². The molecule has 0 aliphatic heterocycles. The molecule has 9 heteroatoms. The molecule has 0 bridgehead atoms. The Bertz CT molecular complexity index is 1490. The molecule has 0 spiro atoms. The highest BCUT2D eigenvalue weighted by molar-refractivity contribution is 9.10. The van der Waals surface area contributed by atoms with Crippen LogP contribution in [0.4, 0.5) is 0 Å². The number of hydrogen-bond donors (Lipinski definition) is 0. The molecule has 6 nitrogen and oxygen atoms in total. The van der Waals surface area contributed by atoms with Gasteiger partial charge in [0.05, 0.1) is 28.2 Å². The monoisotopic (exact) mass is 631 g/mol. The van der Waals surface area contributed by atoms with Crippen molar-refractivity contribution in [2.75, 3.05) is 6.61 Å². The molecule has 0 aliphatic carbocycles. The molecule has 0 radical (unpaired) electrons. The van der Waals surface area contributed by atoms with E-state index in [4.69, 9.17) is 21.1 Å². The van der Waals surface area contributed by atoms with Crippen molar-refractivity contribution < 1.29 is 9.47 Å². The molecular formula is C27H24Br2ClN3O3. The smallest absolute Gasteiger partial charge is 0.282 e. The zero-order valence-corrected chi connectivity index (χ0v) is 23.7. The summed E-state index contributed by atoms with van der Waals surface area (Å²) in [5.41, 5.74) is 2.04. The highest BCUT2D eigenvalue weighted by Crippen LogP contribution is 2.37. The Kier molecular flexibility index (Phi) is 8.82. The quantitative estimate of drug-likeness (QED) is 0.180. The zero-order chi connectivity index (χ0) is 25.7. The van der Waals surface area contributed by atoms with Gasteiger partial charge in [0.1, 0.15) is 12.4 Å². The highest BCUT2D eigenvalue weighted by atomic mass is 79.9. The number of aromatic nitrogens is 2. The van der Waals surface area contributed by atoms with Crippen LogP contribution >= 0.6 is 43.5 Å². The van der Waals surface area contributed by atoms with Crippen molar-refractivity contribution in [1.82, 2.24) is 9.66 Å². The van der Waals surface area contributed by atoms with Crippen molar-refractivity contribution in [3.05, 3.63) is 95.9 Å². The molecule has 0 atom stereocenters. The van der Waals surface area contributed by atoms with E-state index in [0.29, 0.717) is 57.4 Å². The third kappa shape index (κ3) is 5.99. The maximum atomic E-state index is 13.3.